The Morgan fingerprint density at radius 2 is 1.66 bits per heavy atom. The van der Waals surface area contributed by atoms with E-state index in [-0.39, 0.29) is 12.3 Å². The number of rotatable bonds is 8. The first-order chi connectivity index (χ1) is 14.1. The highest BCUT2D eigenvalue weighted by Crippen LogP contribution is 2.33. The summed E-state index contributed by atoms with van der Waals surface area (Å²) in [6, 6.07) is 21.0. The predicted molar refractivity (Wildman–Crippen MR) is 115 cm³/mol. The maximum absolute atomic E-state index is 12.3. The summed E-state index contributed by atoms with van der Waals surface area (Å²) in [5.74, 6) is 2.21. The van der Waals surface area contributed by atoms with Crippen LogP contribution < -0.4 is 19.5 Å². The molecular weight excluding hydrogens is 366 g/mol. The second-order valence-electron chi connectivity index (χ2n) is 6.56. The first-order valence-corrected chi connectivity index (χ1v) is 9.41. The first-order valence-electron chi connectivity index (χ1n) is 9.41. The minimum Gasteiger partial charge on any atom is -0.497 e. The Hall–Kier alpha value is -3.47. The Morgan fingerprint density at radius 1 is 0.897 bits per heavy atom. The largest absolute Gasteiger partial charge is 0.497 e. The van der Waals surface area contributed by atoms with Crippen molar-refractivity contribution in [1.82, 2.24) is 0 Å². The predicted octanol–water partition coefficient (Wildman–Crippen LogP) is 5.09. The lowest BCUT2D eigenvalue weighted by Crippen LogP contribution is -2.15. The molecular formula is C24H25NO4. The standard InChI is InChI=1S/C24H25NO4/c1-17-6-4-5-7-22(17)29-15-14-24(26)25-19-10-13-23(28-3)21(16-19)18-8-11-20(27-2)12-9-18/h4-13,16H,14-15H2,1-3H3,(H,25,26). The lowest BCUT2D eigenvalue weighted by Gasteiger charge is -2.13. The van der Waals surface area contributed by atoms with Gasteiger partial charge in [-0.2, -0.15) is 0 Å². The average Bonchev–Trinajstić information content (AvgIpc) is 2.75. The number of para-hydroxylation sites is 1. The molecule has 0 unspecified atom stereocenters. The second kappa shape index (κ2) is 9.64. The van der Waals surface area contributed by atoms with Crippen molar-refractivity contribution in [3.63, 3.8) is 0 Å². The van der Waals surface area contributed by atoms with Crippen LogP contribution in [0.1, 0.15) is 12.0 Å². The Labute approximate surface area is 171 Å². The quantitative estimate of drug-likeness (QED) is 0.581. The number of methoxy groups -OCH3 is 2. The van der Waals surface area contributed by atoms with Gasteiger partial charge >= 0.3 is 0 Å². The molecule has 0 aromatic heterocycles. The molecule has 0 spiro atoms. The Bertz CT molecular complexity index is 967. The van der Waals surface area contributed by atoms with Gasteiger partial charge in [0.2, 0.25) is 5.91 Å². The number of benzene rings is 3. The molecule has 0 saturated carbocycles. The highest BCUT2D eigenvalue weighted by atomic mass is 16.5. The first kappa shape index (κ1) is 20.3. The van der Waals surface area contributed by atoms with Crippen LogP contribution in [0.15, 0.2) is 66.7 Å². The molecule has 0 radical (unpaired) electrons. The van der Waals surface area contributed by atoms with Crippen molar-refractivity contribution in [3.8, 4) is 28.4 Å². The van der Waals surface area contributed by atoms with Crippen molar-refractivity contribution in [2.45, 2.75) is 13.3 Å². The van der Waals surface area contributed by atoms with Gasteiger partial charge in [0, 0.05) is 11.3 Å². The Kier molecular flexibility index (Phi) is 6.74. The van der Waals surface area contributed by atoms with E-state index in [9.17, 15) is 4.79 Å². The number of anilines is 1. The SMILES string of the molecule is COc1ccc(-c2cc(NC(=O)CCOc3ccccc3C)ccc2OC)cc1. The fourth-order valence-corrected chi connectivity index (χ4v) is 2.98. The Balaban J connectivity index is 1.65. The molecule has 0 aliphatic carbocycles. The fourth-order valence-electron chi connectivity index (χ4n) is 2.98. The molecule has 1 N–H and O–H groups in total. The number of ether oxygens (including phenoxy) is 3. The van der Waals surface area contributed by atoms with Gasteiger partial charge in [-0.05, 0) is 54.4 Å². The van der Waals surface area contributed by atoms with Crippen molar-refractivity contribution in [1.29, 1.82) is 0 Å². The molecule has 29 heavy (non-hydrogen) atoms. The third-order valence-electron chi connectivity index (χ3n) is 4.56. The van der Waals surface area contributed by atoms with E-state index in [0.717, 1.165) is 33.9 Å². The monoisotopic (exact) mass is 391 g/mol. The summed E-state index contributed by atoms with van der Waals surface area (Å²) in [6.07, 6.45) is 0.262. The molecule has 5 heteroatoms. The van der Waals surface area contributed by atoms with Crippen molar-refractivity contribution in [2.75, 3.05) is 26.1 Å². The number of carbonyl (C=O) groups is 1. The van der Waals surface area contributed by atoms with Crippen LogP contribution in [-0.4, -0.2) is 26.7 Å². The van der Waals surface area contributed by atoms with Crippen molar-refractivity contribution in [2.24, 2.45) is 0 Å². The summed E-state index contributed by atoms with van der Waals surface area (Å²) in [5, 5.41) is 2.93. The van der Waals surface area contributed by atoms with Crippen LogP contribution in [0.3, 0.4) is 0 Å². The molecule has 1 amide bonds. The number of amides is 1. The van der Waals surface area contributed by atoms with E-state index < -0.39 is 0 Å². The van der Waals surface area contributed by atoms with Crippen LogP contribution in [-0.2, 0) is 4.79 Å². The van der Waals surface area contributed by atoms with E-state index >= 15 is 0 Å². The molecule has 0 heterocycles. The summed E-state index contributed by atoms with van der Waals surface area (Å²) >= 11 is 0. The van der Waals surface area contributed by atoms with Gasteiger partial charge in [-0.1, -0.05) is 30.3 Å². The topological polar surface area (TPSA) is 56.8 Å². The average molecular weight is 391 g/mol. The van der Waals surface area contributed by atoms with Gasteiger partial charge in [-0.15, -0.1) is 0 Å². The molecule has 0 atom stereocenters. The van der Waals surface area contributed by atoms with Gasteiger partial charge in [0.25, 0.3) is 0 Å². The smallest absolute Gasteiger partial charge is 0.227 e. The van der Waals surface area contributed by atoms with Gasteiger partial charge in [0.1, 0.15) is 17.2 Å². The summed E-state index contributed by atoms with van der Waals surface area (Å²) in [5.41, 5.74) is 3.62. The number of aryl methyl sites for hydroxylation is 1. The maximum Gasteiger partial charge on any atom is 0.227 e. The molecule has 0 aliphatic rings. The minimum absolute atomic E-state index is 0.107. The van der Waals surface area contributed by atoms with Gasteiger partial charge < -0.3 is 19.5 Å². The van der Waals surface area contributed by atoms with E-state index in [0.29, 0.717) is 12.3 Å². The summed E-state index contributed by atoms with van der Waals surface area (Å²) in [6.45, 7) is 2.30. The molecule has 5 nitrogen and oxygen atoms in total. The zero-order chi connectivity index (χ0) is 20.6. The second-order valence-corrected chi connectivity index (χ2v) is 6.56. The van der Waals surface area contributed by atoms with Crippen LogP contribution in [0.5, 0.6) is 17.2 Å². The Morgan fingerprint density at radius 3 is 2.34 bits per heavy atom. The minimum atomic E-state index is -0.107. The normalized spacial score (nSPS) is 10.3. The zero-order valence-electron chi connectivity index (χ0n) is 16.9. The van der Waals surface area contributed by atoms with E-state index in [4.69, 9.17) is 14.2 Å². The molecule has 0 saturated heterocycles. The number of nitrogens with one attached hydrogen (secondary N) is 1. The summed E-state index contributed by atoms with van der Waals surface area (Å²) < 4.78 is 16.4. The van der Waals surface area contributed by atoms with E-state index in [1.54, 1.807) is 14.2 Å². The molecule has 3 aromatic rings. The van der Waals surface area contributed by atoms with Crippen molar-refractivity contribution in [3.05, 3.63) is 72.3 Å². The summed E-state index contributed by atoms with van der Waals surface area (Å²) in [4.78, 5) is 12.3. The third kappa shape index (κ3) is 5.29. The van der Waals surface area contributed by atoms with Crippen LogP contribution in [0, 0.1) is 6.92 Å². The molecule has 3 rings (SSSR count). The molecule has 0 bridgehead atoms. The lowest BCUT2D eigenvalue weighted by molar-refractivity contribution is -0.116. The highest BCUT2D eigenvalue weighted by molar-refractivity contribution is 5.92. The van der Waals surface area contributed by atoms with Gasteiger partial charge in [-0.25, -0.2) is 0 Å². The van der Waals surface area contributed by atoms with Crippen LogP contribution >= 0.6 is 0 Å². The van der Waals surface area contributed by atoms with Crippen molar-refractivity contribution >= 4 is 11.6 Å². The molecule has 3 aromatic carbocycles. The zero-order valence-corrected chi connectivity index (χ0v) is 16.9. The van der Waals surface area contributed by atoms with Gasteiger partial charge in [-0.3, -0.25) is 4.79 Å². The lowest BCUT2D eigenvalue weighted by atomic mass is 10.0. The summed E-state index contributed by atoms with van der Waals surface area (Å²) in [7, 11) is 3.26. The highest BCUT2D eigenvalue weighted by Gasteiger charge is 2.10. The third-order valence-corrected chi connectivity index (χ3v) is 4.56. The van der Waals surface area contributed by atoms with Gasteiger partial charge in [0.15, 0.2) is 0 Å². The van der Waals surface area contributed by atoms with E-state index in [1.165, 1.54) is 0 Å². The fraction of sp³-hybridized carbons (Fsp3) is 0.208. The van der Waals surface area contributed by atoms with E-state index in [2.05, 4.69) is 5.32 Å². The van der Waals surface area contributed by atoms with Crippen LogP contribution in [0.4, 0.5) is 5.69 Å². The molecule has 0 fully saturated rings. The number of hydrogen-bond donors (Lipinski definition) is 1. The van der Waals surface area contributed by atoms with Crippen molar-refractivity contribution < 1.29 is 19.0 Å². The number of carbonyl (C=O) groups excluding carboxylic acids is 1. The molecule has 150 valence electrons. The maximum atomic E-state index is 12.3. The van der Waals surface area contributed by atoms with Crippen LogP contribution in [0.25, 0.3) is 11.1 Å². The van der Waals surface area contributed by atoms with Crippen LogP contribution in [0.2, 0.25) is 0 Å². The number of hydrogen-bond acceptors (Lipinski definition) is 4. The van der Waals surface area contributed by atoms with Gasteiger partial charge in [0.05, 0.1) is 27.2 Å². The molecule has 0 aliphatic heterocycles. The van der Waals surface area contributed by atoms with E-state index in [1.807, 2.05) is 73.7 Å².